The molecule has 0 unspecified atom stereocenters. The summed E-state index contributed by atoms with van der Waals surface area (Å²) in [5.41, 5.74) is 2.94. The lowest BCUT2D eigenvalue weighted by Crippen LogP contribution is -2.33. The predicted octanol–water partition coefficient (Wildman–Crippen LogP) is 3.97. The van der Waals surface area contributed by atoms with Crippen LogP contribution in [0.25, 0.3) is 11.1 Å². The number of amides is 1. The molecule has 0 saturated carbocycles. The van der Waals surface area contributed by atoms with E-state index in [2.05, 4.69) is 6.92 Å². The summed E-state index contributed by atoms with van der Waals surface area (Å²) in [6.45, 7) is 5.80. The average molecular weight is 325 g/mol. The van der Waals surface area contributed by atoms with Gasteiger partial charge in [-0.25, -0.2) is 0 Å². The first kappa shape index (κ1) is 16.4. The molecule has 126 valence electrons. The number of likely N-dealkylation sites (N-methyl/N-ethyl adjacent to an activating group) is 1. The van der Waals surface area contributed by atoms with E-state index in [-0.39, 0.29) is 17.4 Å². The molecule has 1 aliphatic rings. The Morgan fingerprint density at radius 2 is 1.75 bits per heavy atom. The third-order valence-electron chi connectivity index (χ3n) is 4.83. The van der Waals surface area contributed by atoms with Crippen molar-refractivity contribution in [1.29, 1.82) is 0 Å². The van der Waals surface area contributed by atoms with Gasteiger partial charge in [0.05, 0.1) is 11.0 Å². The van der Waals surface area contributed by atoms with E-state index >= 15 is 0 Å². The molecule has 0 bridgehead atoms. The highest BCUT2D eigenvalue weighted by molar-refractivity contribution is 6.09. The van der Waals surface area contributed by atoms with Crippen LogP contribution in [-0.4, -0.2) is 23.2 Å². The number of fused-ring (bicyclic) bond motifs is 1. The Morgan fingerprint density at radius 1 is 1.12 bits per heavy atom. The fourth-order valence-electron chi connectivity index (χ4n) is 3.70. The van der Waals surface area contributed by atoms with Crippen molar-refractivity contribution in [2.24, 2.45) is 0 Å². The number of anilines is 1. The second-order valence-electron chi connectivity index (χ2n) is 6.95. The molecule has 1 aliphatic heterocycles. The van der Waals surface area contributed by atoms with Crippen LogP contribution in [0.4, 0.5) is 5.69 Å². The fraction of sp³-hybridized carbons (Fsp3) is 0.350. The Labute approximate surface area is 142 Å². The van der Waals surface area contributed by atoms with E-state index in [1.165, 1.54) is 0 Å². The normalized spacial score (nSPS) is 15.7. The number of phenolic OH excluding ortho intramolecular Hbond substituents is 2. The van der Waals surface area contributed by atoms with E-state index in [0.717, 1.165) is 29.7 Å². The molecular formula is C20H23NO3. The van der Waals surface area contributed by atoms with E-state index < -0.39 is 5.41 Å². The molecule has 0 spiro atoms. The van der Waals surface area contributed by atoms with Crippen LogP contribution >= 0.6 is 0 Å². The van der Waals surface area contributed by atoms with Crippen LogP contribution in [0.3, 0.4) is 0 Å². The van der Waals surface area contributed by atoms with Gasteiger partial charge in [-0.2, -0.15) is 0 Å². The van der Waals surface area contributed by atoms with E-state index in [9.17, 15) is 15.0 Å². The number of hydrogen-bond donors (Lipinski definition) is 2. The van der Waals surface area contributed by atoms with Crippen LogP contribution in [-0.2, 0) is 16.6 Å². The van der Waals surface area contributed by atoms with Crippen molar-refractivity contribution in [1.82, 2.24) is 0 Å². The van der Waals surface area contributed by atoms with Crippen LogP contribution in [0.15, 0.2) is 30.3 Å². The van der Waals surface area contributed by atoms with Gasteiger partial charge in [-0.05, 0) is 55.2 Å². The zero-order valence-electron chi connectivity index (χ0n) is 14.6. The molecule has 2 aromatic rings. The van der Waals surface area contributed by atoms with Crippen molar-refractivity contribution in [2.75, 3.05) is 11.9 Å². The number of aryl methyl sites for hydroxylation is 1. The van der Waals surface area contributed by atoms with Crippen LogP contribution in [0, 0.1) is 0 Å². The maximum Gasteiger partial charge on any atom is 0.236 e. The lowest BCUT2D eigenvalue weighted by atomic mass is 9.81. The molecule has 0 aromatic heterocycles. The third-order valence-corrected chi connectivity index (χ3v) is 4.83. The van der Waals surface area contributed by atoms with E-state index in [4.69, 9.17) is 0 Å². The Hall–Kier alpha value is -2.49. The summed E-state index contributed by atoms with van der Waals surface area (Å²) in [6.07, 6.45) is 1.73. The number of phenols is 2. The van der Waals surface area contributed by atoms with Crippen molar-refractivity contribution in [3.8, 4) is 22.6 Å². The maximum atomic E-state index is 12.6. The Kier molecular flexibility index (Phi) is 3.78. The Morgan fingerprint density at radius 3 is 2.33 bits per heavy atom. The molecular weight excluding hydrogens is 302 g/mol. The summed E-state index contributed by atoms with van der Waals surface area (Å²) >= 11 is 0. The number of aromatic hydroxyl groups is 2. The monoisotopic (exact) mass is 325 g/mol. The first-order valence-electron chi connectivity index (χ1n) is 8.26. The smallest absolute Gasteiger partial charge is 0.236 e. The molecule has 0 radical (unpaired) electrons. The van der Waals surface area contributed by atoms with E-state index in [1.807, 2.05) is 32.0 Å². The fourth-order valence-corrected chi connectivity index (χ4v) is 3.70. The summed E-state index contributed by atoms with van der Waals surface area (Å²) in [4.78, 5) is 14.2. The summed E-state index contributed by atoms with van der Waals surface area (Å²) < 4.78 is 0. The topological polar surface area (TPSA) is 60.8 Å². The van der Waals surface area contributed by atoms with Gasteiger partial charge in [0.25, 0.3) is 0 Å². The molecule has 1 amide bonds. The van der Waals surface area contributed by atoms with Gasteiger partial charge in [0.1, 0.15) is 11.5 Å². The molecule has 24 heavy (non-hydrogen) atoms. The summed E-state index contributed by atoms with van der Waals surface area (Å²) in [5.74, 6) is 0.0980. The van der Waals surface area contributed by atoms with Crippen LogP contribution in [0.5, 0.6) is 11.5 Å². The predicted molar refractivity (Wildman–Crippen MR) is 95.6 cm³/mol. The molecule has 2 aromatic carbocycles. The second kappa shape index (κ2) is 5.55. The van der Waals surface area contributed by atoms with E-state index in [1.54, 1.807) is 24.1 Å². The highest BCUT2D eigenvalue weighted by atomic mass is 16.3. The quantitative estimate of drug-likeness (QED) is 0.897. The van der Waals surface area contributed by atoms with Gasteiger partial charge >= 0.3 is 0 Å². The Balaban J connectivity index is 2.26. The average Bonchev–Trinajstić information content (AvgIpc) is 2.69. The molecule has 4 nitrogen and oxygen atoms in total. The van der Waals surface area contributed by atoms with Gasteiger partial charge in [-0.1, -0.05) is 25.5 Å². The maximum absolute atomic E-state index is 12.6. The molecule has 4 heteroatoms. The largest absolute Gasteiger partial charge is 0.507 e. The van der Waals surface area contributed by atoms with Crippen LogP contribution in [0.2, 0.25) is 0 Å². The number of carbonyl (C=O) groups is 1. The lowest BCUT2D eigenvalue weighted by molar-refractivity contribution is -0.121. The van der Waals surface area contributed by atoms with Gasteiger partial charge in [0, 0.05) is 12.7 Å². The molecule has 0 saturated heterocycles. The zero-order chi connectivity index (χ0) is 17.6. The van der Waals surface area contributed by atoms with Gasteiger partial charge in [-0.15, -0.1) is 0 Å². The minimum Gasteiger partial charge on any atom is -0.507 e. The summed E-state index contributed by atoms with van der Waals surface area (Å²) in [7, 11) is 1.75. The van der Waals surface area contributed by atoms with Gasteiger partial charge in [-0.3, -0.25) is 4.79 Å². The number of rotatable bonds is 3. The van der Waals surface area contributed by atoms with Gasteiger partial charge < -0.3 is 15.1 Å². The molecule has 3 rings (SSSR count). The zero-order valence-corrected chi connectivity index (χ0v) is 14.6. The molecule has 0 fully saturated rings. The molecule has 2 N–H and O–H groups in total. The SMILES string of the molecule is CCCc1cc(O)c(-c2cccc3c2C(C)(C)C(=O)N3C)c(O)c1. The summed E-state index contributed by atoms with van der Waals surface area (Å²) in [6, 6.07) is 8.99. The van der Waals surface area contributed by atoms with Crippen LogP contribution < -0.4 is 4.90 Å². The van der Waals surface area contributed by atoms with Crippen molar-refractivity contribution >= 4 is 11.6 Å². The van der Waals surface area contributed by atoms with Crippen LogP contribution in [0.1, 0.15) is 38.3 Å². The minimum absolute atomic E-state index is 0.00605. The number of nitrogens with zero attached hydrogens (tertiary/aromatic N) is 1. The first-order valence-corrected chi connectivity index (χ1v) is 8.26. The summed E-state index contributed by atoms with van der Waals surface area (Å²) in [5, 5.41) is 21.1. The van der Waals surface area contributed by atoms with Crippen molar-refractivity contribution in [2.45, 2.75) is 39.0 Å². The Bertz CT molecular complexity index is 801. The van der Waals surface area contributed by atoms with E-state index in [0.29, 0.717) is 11.1 Å². The van der Waals surface area contributed by atoms with Crippen molar-refractivity contribution < 1.29 is 15.0 Å². The lowest BCUT2D eigenvalue weighted by Gasteiger charge is -2.20. The first-order chi connectivity index (χ1) is 11.3. The standard InChI is InChI=1S/C20H23NO3/c1-5-7-12-10-15(22)17(16(23)11-12)13-8-6-9-14-18(13)20(2,3)19(24)21(14)4/h6,8-11,22-23H,5,7H2,1-4H3. The number of hydrogen-bond acceptors (Lipinski definition) is 3. The third kappa shape index (κ3) is 2.25. The van der Waals surface area contributed by atoms with Gasteiger partial charge in [0.2, 0.25) is 5.91 Å². The van der Waals surface area contributed by atoms with Crippen molar-refractivity contribution in [3.05, 3.63) is 41.5 Å². The highest BCUT2D eigenvalue weighted by Gasteiger charge is 2.44. The molecule has 0 atom stereocenters. The highest BCUT2D eigenvalue weighted by Crippen LogP contribution is 2.49. The van der Waals surface area contributed by atoms with Crippen molar-refractivity contribution in [3.63, 3.8) is 0 Å². The number of benzene rings is 2. The second-order valence-corrected chi connectivity index (χ2v) is 6.95. The molecule has 1 heterocycles. The van der Waals surface area contributed by atoms with Gasteiger partial charge in [0.15, 0.2) is 0 Å². The number of carbonyl (C=O) groups excluding carboxylic acids is 1. The molecule has 0 aliphatic carbocycles. The minimum atomic E-state index is -0.707.